The van der Waals surface area contributed by atoms with Crippen molar-refractivity contribution < 1.29 is 14.9 Å². The molecule has 2 aromatic rings. The summed E-state index contributed by atoms with van der Waals surface area (Å²) < 4.78 is 5.48. The van der Waals surface area contributed by atoms with Gasteiger partial charge in [-0.3, -0.25) is 0 Å². The molecule has 0 fully saturated rings. The van der Waals surface area contributed by atoms with Crippen LogP contribution in [0.25, 0.3) is 10.8 Å². The van der Waals surface area contributed by atoms with Crippen molar-refractivity contribution in [3.05, 3.63) is 30.3 Å². The Kier molecular flexibility index (Phi) is 3.09. The highest BCUT2D eigenvalue weighted by Gasteiger charge is 2.11. The molecule has 17 heavy (non-hydrogen) atoms. The first-order valence-electron chi connectivity index (χ1n) is 5.66. The van der Waals surface area contributed by atoms with Crippen LogP contribution in [0.1, 0.15) is 13.8 Å². The summed E-state index contributed by atoms with van der Waals surface area (Å²) in [5.41, 5.74) is 0. The molecule has 2 aromatic carbocycles. The molecule has 0 spiro atoms. The number of hydrogen-bond donors (Lipinski definition) is 2. The first kappa shape index (κ1) is 11.6. The molecule has 0 amide bonds. The monoisotopic (exact) mass is 232 g/mol. The van der Waals surface area contributed by atoms with E-state index in [1.54, 1.807) is 12.1 Å². The van der Waals surface area contributed by atoms with Crippen LogP contribution >= 0.6 is 0 Å². The van der Waals surface area contributed by atoms with E-state index in [4.69, 9.17) is 4.74 Å². The van der Waals surface area contributed by atoms with Crippen LogP contribution < -0.4 is 4.74 Å². The normalized spacial score (nSPS) is 11.0. The van der Waals surface area contributed by atoms with Gasteiger partial charge in [0.25, 0.3) is 0 Å². The van der Waals surface area contributed by atoms with Gasteiger partial charge < -0.3 is 14.9 Å². The van der Waals surface area contributed by atoms with Crippen molar-refractivity contribution in [1.29, 1.82) is 0 Å². The van der Waals surface area contributed by atoms with Crippen LogP contribution in [0.4, 0.5) is 0 Å². The topological polar surface area (TPSA) is 49.7 Å². The molecule has 0 saturated heterocycles. The lowest BCUT2D eigenvalue weighted by Gasteiger charge is -2.12. The minimum absolute atomic E-state index is 0.0825. The van der Waals surface area contributed by atoms with E-state index in [0.717, 1.165) is 0 Å². The van der Waals surface area contributed by atoms with Crippen LogP contribution in [0.15, 0.2) is 30.3 Å². The van der Waals surface area contributed by atoms with Crippen LogP contribution in [0.2, 0.25) is 0 Å². The summed E-state index contributed by atoms with van der Waals surface area (Å²) in [5, 5.41) is 21.1. The minimum Gasteiger partial charge on any atom is -0.507 e. The predicted octanol–water partition coefficient (Wildman–Crippen LogP) is 3.29. The highest BCUT2D eigenvalue weighted by atomic mass is 16.5. The predicted molar refractivity (Wildman–Crippen MR) is 67.6 cm³/mol. The van der Waals surface area contributed by atoms with Crippen LogP contribution in [0.3, 0.4) is 0 Å². The Morgan fingerprint density at radius 3 is 2.41 bits per heavy atom. The van der Waals surface area contributed by atoms with Gasteiger partial charge in [0.15, 0.2) is 11.5 Å². The Labute approximate surface area is 100 Å². The Hall–Kier alpha value is -1.90. The lowest BCUT2D eigenvalue weighted by atomic mass is 10.1. The van der Waals surface area contributed by atoms with Gasteiger partial charge >= 0.3 is 0 Å². The second-order valence-electron chi connectivity index (χ2n) is 4.49. The lowest BCUT2D eigenvalue weighted by molar-refractivity contribution is 0.259. The zero-order chi connectivity index (χ0) is 12.4. The van der Waals surface area contributed by atoms with E-state index in [2.05, 4.69) is 0 Å². The molecule has 0 bridgehead atoms. The smallest absolute Gasteiger partial charge is 0.165 e. The Morgan fingerprint density at radius 1 is 1.12 bits per heavy atom. The first-order chi connectivity index (χ1) is 8.09. The molecule has 0 atom stereocenters. The number of phenolic OH excluding ortho intramolecular Hbond substituents is 2. The van der Waals surface area contributed by atoms with Crippen molar-refractivity contribution >= 4 is 10.8 Å². The van der Waals surface area contributed by atoms with Crippen molar-refractivity contribution in [2.75, 3.05) is 6.61 Å². The van der Waals surface area contributed by atoms with E-state index in [0.29, 0.717) is 29.0 Å². The van der Waals surface area contributed by atoms with Gasteiger partial charge in [0, 0.05) is 16.8 Å². The molecule has 2 rings (SSSR count). The van der Waals surface area contributed by atoms with Gasteiger partial charge in [-0.05, 0) is 5.92 Å². The maximum atomic E-state index is 10.1. The second-order valence-corrected chi connectivity index (χ2v) is 4.49. The van der Waals surface area contributed by atoms with Crippen molar-refractivity contribution in [2.24, 2.45) is 5.92 Å². The maximum Gasteiger partial charge on any atom is 0.165 e. The maximum absolute atomic E-state index is 10.1. The molecule has 0 radical (unpaired) electrons. The van der Waals surface area contributed by atoms with E-state index < -0.39 is 0 Å². The summed E-state index contributed by atoms with van der Waals surface area (Å²) in [4.78, 5) is 0. The van der Waals surface area contributed by atoms with Crippen molar-refractivity contribution in [1.82, 2.24) is 0 Å². The first-order valence-corrected chi connectivity index (χ1v) is 5.66. The molecule has 90 valence electrons. The molecule has 3 heteroatoms. The average molecular weight is 232 g/mol. The van der Waals surface area contributed by atoms with Crippen molar-refractivity contribution in [2.45, 2.75) is 13.8 Å². The van der Waals surface area contributed by atoms with Gasteiger partial charge in [0.05, 0.1) is 6.61 Å². The molecule has 0 aromatic heterocycles. The third kappa shape index (κ3) is 2.28. The molecule has 0 heterocycles. The summed E-state index contributed by atoms with van der Waals surface area (Å²) in [6, 6.07) is 8.60. The van der Waals surface area contributed by atoms with Crippen LogP contribution in [0.5, 0.6) is 17.2 Å². The molecule has 0 aliphatic rings. The van der Waals surface area contributed by atoms with Gasteiger partial charge in [-0.2, -0.15) is 0 Å². The second kappa shape index (κ2) is 4.53. The molecular weight excluding hydrogens is 216 g/mol. The van der Waals surface area contributed by atoms with E-state index >= 15 is 0 Å². The average Bonchev–Trinajstić information content (AvgIpc) is 2.32. The molecule has 3 nitrogen and oxygen atoms in total. The summed E-state index contributed by atoms with van der Waals surface area (Å²) in [5.74, 6) is 0.897. The van der Waals surface area contributed by atoms with Gasteiger partial charge in [0.1, 0.15) is 5.75 Å². The Balaban J connectivity index is 2.47. The SMILES string of the molecule is CC(C)COc1cc(O)c2ccccc2c1O. The number of phenols is 2. The summed E-state index contributed by atoms with van der Waals surface area (Å²) in [6.45, 7) is 4.56. The fourth-order valence-corrected chi connectivity index (χ4v) is 1.68. The third-order valence-corrected chi connectivity index (χ3v) is 2.53. The standard InChI is InChI=1S/C14H16O3/c1-9(2)8-17-13-7-12(15)10-5-3-4-6-11(10)14(13)16/h3-7,9,15-16H,8H2,1-2H3. The number of aromatic hydroxyl groups is 2. The van der Waals surface area contributed by atoms with Crippen molar-refractivity contribution in [3.63, 3.8) is 0 Å². The lowest BCUT2D eigenvalue weighted by Crippen LogP contribution is -2.04. The Bertz CT molecular complexity index is 532. The number of ether oxygens (including phenoxy) is 1. The number of benzene rings is 2. The van der Waals surface area contributed by atoms with E-state index in [-0.39, 0.29) is 11.5 Å². The fraction of sp³-hybridized carbons (Fsp3) is 0.286. The molecule has 0 unspecified atom stereocenters. The van der Waals surface area contributed by atoms with Crippen molar-refractivity contribution in [3.8, 4) is 17.2 Å². The Morgan fingerprint density at radius 2 is 1.76 bits per heavy atom. The van der Waals surface area contributed by atoms with Crippen LogP contribution in [-0.2, 0) is 0 Å². The van der Waals surface area contributed by atoms with Gasteiger partial charge in [-0.15, -0.1) is 0 Å². The van der Waals surface area contributed by atoms with Crippen LogP contribution in [-0.4, -0.2) is 16.8 Å². The zero-order valence-corrected chi connectivity index (χ0v) is 9.97. The van der Waals surface area contributed by atoms with Crippen LogP contribution in [0, 0.1) is 5.92 Å². The van der Waals surface area contributed by atoms with E-state index in [9.17, 15) is 10.2 Å². The van der Waals surface area contributed by atoms with E-state index in [1.165, 1.54) is 6.07 Å². The van der Waals surface area contributed by atoms with Gasteiger partial charge in [0.2, 0.25) is 0 Å². The van der Waals surface area contributed by atoms with Gasteiger partial charge in [-0.1, -0.05) is 38.1 Å². The molecular formula is C14H16O3. The zero-order valence-electron chi connectivity index (χ0n) is 9.97. The molecule has 2 N–H and O–H groups in total. The molecule has 0 saturated carbocycles. The number of rotatable bonds is 3. The fourth-order valence-electron chi connectivity index (χ4n) is 1.68. The molecule has 0 aliphatic carbocycles. The highest BCUT2D eigenvalue weighted by molar-refractivity contribution is 5.95. The van der Waals surface area contributed by atoms with E-state index in [1.807, 2.05) is 26.0 Å². The molecule has 0 aliphatic heterocycles. The summed E-state index contributed by atoms with van der Waals surface area (Å²) >= 11 is 0. The largest absolute Gasteiger partial charge is 0.507 e. The van der Waals surface area contributed by atoms with Gasteiger partial charge in [-0.25, -0.2) is 0 Å². The highest BCUT2D eigenvalue weighted by Crippen LogP contribution is 2.40. The number of hydrogen-bond acceptors (Lipinski definition) is 3. The minimum atomic E-state index is 0.0825. The quantitative estimate of drug-likeness (QED) is 0.798. The summed E-state index contributed by atoms with van der Waals surface area (Å²) in [7, 11) is 0. The summed E-state index contributed by atoms with van der Waals surface area (Å²) in [6.07, 6.45) is 0. The third-order valence-electron chi connectivity index (χ3n) is 2.53. The number of fused-ring (bicyclic) bond motifs is 1.